The molecule has 0 aliphatic carbocycles. The van der Waals surface area contributed by atoms with Gasteiger partial charge in [0.05, 0.1) is 6.26 Å². The van der Waals surface area contributed by atoms with Gasteiger partial charge >= 0.3 is 0 Å². The Morgan fingerprint density at radius 2 is 1.79 bits per heavy atom. The summed E-state index contributed by atoms with van der Waals surface area (Å²) in [7, 11) is -3.32. The van der Waals surface area contributed by atoms with Crippen molar-refractivity contribution in [2.24, 2.45) is 0 Å². The molecule has 7 heteroatoms. The molecule has 0 saturated carbocycles. The molecule has 0 bridgehead atoms. The van der Waals surface area contributed by atoms with Crippen molar-refractivity contribution < 1.29 is 17.6 Å². The molecular weight excluding hydrogens is 331 g/mol. The zero-order valence-corrected chi connectivity index (χ0v) is 13.8. The fourth-order valence-electron chi connectivity index (χ4n) is 1.93. The fraction of sp³-hybridized carbons (Fsp3) is 0.118. The van der Waals surface area contributed by atoms with E-state index >= 15 is 0 Å². The van der Waals surface area contributed by atoms with E-state index in [1.165, 1.54) is 12.1 Å². The summed E-state index contributed by atoms with van der Waals surface area (Å²) in [6, 6.07) is 12.8. The normalized spacial score (nSPS) is 11.4. The molecule has 0 aliphatic heterocycles. The zero-order chi connectivity index (χ0) is 17.6. The third-order valence-electron chi connectivity index (χ3n) is 3.05. The molecule has 2 N–H and O–H groups in total. The van der Waals surface area contributed by atoms with Crippen LogP contribution in [0.15, 0.2) is 54.6 Å². The summed E-state index contributed by atoms with van der Waals surface area (Å²) in [5.74, 6) is -0.715. The lowest BCUT2D eigenvalue weighted by Gasteiger charge is -2.04. The van der Waals surface area contributed by atoms with E-state index < -0.39 is 10.0 Å². The smallest absolute Gasteiger partial charge is 0.244 e. The lowest BCUT2D eigenvalue weighted by atomic mass is 10.2. The minimum absolute atomic E-state index is 0.104. The molecule has 0 atom stereocenters. The van der Waals surface area contributed by atoms with Crippen molar-refractivity contribution in [1.82, 2.24) is 5.32 Å². The van der Waals surface area contributed by atoms with Crippen molar-refractivity contribution >= 4 is 27.7 Å². The van der Waals surface area contributed by atoms with Crippen molar-refractivity contribution in [3.05, 3.63) is 71.6 Å². The molecule has 0 saturated heterocycles. The van der Waals surface area contributed by atoms with Gasteiger partial charge in [0.1, 0.15) is 5.82 Å². The van der Waals surface area contributed by atoms with Crippen LogP contribution in [-0.2, 0) is 21.4 Å². The van der Waals surface area contributed by atoms with Crippen LogP contribution in [0.4, 0.5) is 10.1 Å². The second-order valence-electron chi connectivity index (χ2n) is 5.14. The number of carbonyl (C=O) groups excluding carboxylic acids is 1. The van der Waals surface area contributed by atoms with Crippen LogP contribution in [0.3, 0.4) is 0 Å². The molecule has 1 amide bonds. The molecular formula is C17H17FN2O3S. The quantitative estimate of drug-likeness (QED) is 0.788. The Kier molecular flexibility index (Phi) is 5.70. The van der Waals surface area contributed by atoms with Crippen LogP contribution in [0.1, 0.15) is 11.1 Å². The first-order valence-electron chi connectivity index (χ1n) is 7.11. The Balaban J connectivity index is 1.90. The van der Waals surface area contributed by atoms with Gasteiger partial charge in [0.15, 0.2) is 0 Å². The van der Waals surface area contributed by atoms with Crippen LogP contribution in [0.5, 0.6) is 0 Å². The van der Waals surface area contributed by atoms with Gasteiger partial charge < -0.3 is 5.32 Å². The molecule has 5 nitrogen and oxygen atoms in total. The van der Waals surface area contributed by atoms with Crippen molar-refractivity contribution in [3.63, 3.8) is 0 Å². The molecule has 2 rings (SSSR count). The third kappa shape index (κ3) is 5.85. The highest BCUT2D eigenvalue weighted by atomic mass is 32.2. The number of hydrogen-bond donors (Lipinski definition) is 2. The maximum absolute atomic E-state index is 13.4. The summed E-state index contributed by atoms with van der Waals surface area (Å²) in [4.78, 5) is 11.7. The van der Waals surface area contributed by atoms with Crippen molar-refractivity contribution in [2.45, 2.75) is 6.54 Å². The summed E-state index contributed by atoms with van der Waals surface area (Å²) in [6.45, 7) is 0.104. The highest BCUT2D eigenvalue weighted by Crippen LogP contribution is 2.12. The van der Waals surface area contributed by atoms with E-state index in [1.54, 1.807) is 48.5 Å². The minimum atomic E-state index is -3.32. The summed E-state index contributed by atoms with van der Waals surface area (Å²) >= 11 is 0. The second-order valence-corrected chi connectivity index (χ2v) is 6.89. The third-order valence-corrected chi connectivity index (χ3v) is 3.66. The van der Waals surface area contributed by atoms with Crippen LogP contribution < -0.4 is 10.0 Å². The minimum Gasteiger partial charge on any atom is -0.348 e. The van der Waals surface area contributed by atoms with Crippen LogP contribution in [0.25, 0.3) is 6.08 Å². The SMILES string of the molecule is CS(=O)(=O)Nc1ccc(/C=C/C(=O)NCc2ccccc2F)cc1. The molecule has 0 aliphatic rings. The molecule has 0 aromatic heterocycles. The van der Waals surface area contributed by atoms with E-state index in [0.29, 0.717) is 11.3 Å². The zero-order valence-electron chi connectivity index (χ0n) is 13.0. The van der Waals surface area contributed by atoms with Crippen molar-refractivity contribution in [2.75, 3.05) is 11.0 Å². The predicted octanol–water partition coefficient (Wildman–Crippen LogP) is 2.53. The Hall–Kier alpha value is -2.67. The van der Waals surface area contributed by atoms with E-state index in [-0.39, 0.29) is 18.3 Å². The van der Waals surface area contributed by atoms with Crippen molar-refractivity contribution in [3.8, 4) is 0 Å². The maximum atomic E-state index is 13.4. The Morgan fingerprint density at radius 3 is 2.42 bits per heavy atom. The van der Waals surface area contributed by atoms with Gasteiger partial charge in [0.2, 0.25) is 15.9 Å². The van der Waals surface area contributed by atoms with E-state index in [1.807, 2.05) is 0 Å². The van der Waals surface area contributed by atoms with Crippen LogP contribution >= 0.6 is 0 Å². The maximum Gasteiger partial charge on any atom is 0.244 e. The fourth-order valence-corrected chi connectivity index (χ4v) is 2.50. The summed E-state index contributed by atoms with van der Waals surface area (Å²) in [6.07, 6.45) is 3.99. The average Bonchev–Trinajstić information content (AvgIpc) is 2.52. The summed E-state index contributed by atoms with van der Waals surface area (Å²) in [5, 5.41) is 2.60. The van der Waals surface area contributed by atoms with E-state index in [2.05, 4.69) is 10.0 Å². The van der Waals surface area contributed by atoms with Gasteiger partial charge in [0.25, 0.3) is 0 Å². The Morgan fingerprint density at radius 1 is 1.12 bits per heavy atom. The molecule has 0 fully saturated rings. The second kappa shape index (κ2) is 7.74. The number of hydrogen-bond acceptors (Lipinski definition) is 3. The average molecular weight is 348 g/mol. The number of carbonyl (C=O) groups is 1. The Bertz CT molecular complexity index is 846. The van der Waals surface area contributed by atoms with E-state index in [9.17, 15) is 17.6 Å². The first-order chi connectivity index (χ1) is 11.3. The topological polar surface area (TPSA) is 75.3 Å². The standard InChI is InChI=1S/C17H17FN2O3S/c1-24(22,23)20-15-9-6-13(7-10-15)8-11-17(21)19-12-14-4-2-3-5-16(14)18/h2-11,20H,12H2,1H3,(H,19,21)/b11-8+. The van der Waals surface area contributed by atoms with Gasteiger partial charge in [-0.3, -0.25) is 9.52 Å². The molecule has 2 aromatic carbocycles. The van der Waals surface area contributed by atoms with Crippen LogP contribution in [-0.4, -0.2) is 20.6 Å². The highest BCUT2D eigenvalue weighted by molar-refractivity contribution is 7.92. The first-order valence-corrected chi connectivity index (χ1v) is 9.00. The number of sulfonamides is 1. The van der Waals surface area contributed by atoms with Gasteiger partial charge in [0, 0.05) is 23.9 Å². The molecule has 2 aromatic rings. The van der Waals surface area contributed by atoms with Crippen LogP contribution in [0.2, 0.25) is 0 Å². The molecule has 0 radical (unpaired) electrons. The lowest BCUT2D eigenvalue weighted by Crippen LogP contribution is -2.20. The molecule has 126 valence electrons. The highest BCUT2D eigenvalue weighted by Gasteiger charge is 2.03. The van der Waals surface area contributed by atoms with Gasteiger partial charge in [-0.05, 0) is 29.8 Å². The number of halogens is 1. The van der Waals surface area contributed by atoms with Gasteiger partial charge in [-0.25, -0.2) is 12.8 Å². The van der Waals surface area contributed by atoms with E-state index in [0.717, 1.165) is 11.8 Å². The number of amides is 1. The summed E-state index contributed by atoms with van der Waals surface area (Å²) in [5.41, 5.74) is 1.59. The largest absolute Gasteiger partial charge is 0.348 e. The molecule has 0 unspecified atom stereocenters. The predicted molar refractivity (Wildman–Crippen MR) is 92.2 cm³/mol. The van der Waals surface area contributed by atoms with Gasteiger partial charge in [-0.1, -0.05) is 30.3 Å². The monoisotopic (exact) mass is 348 g/mol. The Labute approximate surface area is 140 Å². The molecule has 24 heavy (non-hydrogen) atoms. The number of benzene rings is 2. The van der Waals surface area contributed by atoms with Crippen LogP contribution in [0, 0.1) is 5.82 Å². The number of nitrogens with one attached hydrogen (secondary N) is 2. The number of rotatable bonds is 6. The van der Waals surface area contributed by atoms with E-state index in [4.69, 9.17) is 0 Å². The van der Waals surface area contributed by atoms with Crippen molar-refractivity contribution in [1.29, 1.82) is 0 Å². The number of anilines is 1. The van der Waals surface area contributed by atoms with Gasteiger partial charge in [-0.15, -0.1) is 0 Å². The molecule has 0 spiro atoms. The first kappa shape index (κ1) is 17.7. The molecule has 0 heterocycles. The van der Waals surface area contributed by atoms with Gasteiger partial charge in [-0.2, -0.15) is 0 Å². The summed E-state index contributed by atoms with van der Waals surface area (Å²) < 4.78 is 38.0. The lowest BCUT2D eigenvalue weighted by molar-refractivity contribution is -0.116.